The van der Waals surface area contributed by atoms with E-state index in [-0.39, 0.29) is 36.5 Å². The number of rotatable bonds is 4. The highest BCUT2D eigenvalue weighted by molar-refractivity contribution is 7.88. The van der Waals surface area contributed by atoms with Crippen LogP contribution in [0.15, 0.2) is 18.2 Å². The molecule has 3 rings (SSSR count). The summed E-state index contributed by atoms with van der Waals surface area (Å²) in [5, 5.41) is 0. The summed E-state index contributed by atoms with van der Waals surface area (Å²) in [5.74, 6) is -2.75. The Morgan fingerprint density at radius 2 is 1.86 bits per heavy atom. The zero-order valence-electron chi connectivity index (χ0n) is 15.8. The van der Waals surface area contributed by atoms with Crippen LogP contribution in [0.1, 0.15) is 19.3 Å². The molecule has 0 radical (unpaired) electrons. The minimum Gasteiger partial charge on any atom is -0.342 e. The molecule has 0 aliphatic carbocycles. The molecule has 0 bridgehead atoms. The summed E-state index contributed by atoms with van der Waals surface area (Å²) >= 11 is 0. The molecular formula is C18H23F2N3O4S. The maximum atomic E-state index is 14.0. The molecule has 0 saturated carbocycles. The van der Waals surface area contributed by atoms with Gasteiger partial charge in [0.05, 0.1) is 17.9 Å². The van der Waals surface area contributed by atoms with Gasteiger partial charge in [-0.1, -0.05) is 0 Å². The molecule has 154 valence electrons. The number of hydrogen-bond acceptors (Lipinski definition) is 4. The lowest BCUT2D eigenvalue weighted by molar-refractivity contribution is -0.137. The first-order valence-electron chi connectivity index (χ1n) is 9.05. The zero-order valence-corrected chi connectivity index (χ0v) is 16.6. The van der Waals surface area contributed by atoms with Crippen LogP contribution in [0.5, 0.6) is 0 Å². The number of nitrogens with zero attached hydrogens (tertiary/aromatic N) is 3. The molecule has 1 aromatic carbocycles. The summed E-state index contributed by atoms with van der Waals surface area (Å²) in [5.41, 5.74) is -0.0322. The molecule has 2 heterocycles. The Hall–Kier alpha value is -2.07. The molecule has 1 aromatic rings. The lowest BCUT2D eigenvalue weighted by atomic mass is 10.0. The number of halogens is 2. The molecule has 0 N–H and O–H groups in total. The van der Waals surface area contributed by atoms with Crippen molar-refractivity contribution >= 4 is 27.5 Å². The predicted molar refractivity (Wildman–Crippen MR) is 99.0 cm³/mol. The third kappa shape index (κ3) is 4.17. The van der Waals surface area contributed by atoms with Crippen LogP contribution in [0, 0.1) is 17.6 Å². The molecule has 2 fully saturated rings. The van der Waals surface area contributed by atoms with Gasteiger partial charge in [-0.2, -0.15) is 0 Å². The largest absolute Gasteiger partial charge is 0.342 e. The van der Waals surface area contributed by atoms with E-state index in [0.29, 0.717) is 32.0 Å². The van der Waals surface area contributed by atoms with Gasteiger partial charge in [-0.05, 0) is 25.0 Å². The molecule has 2 aliphatic heterocycles. The maximum Gasteiger partial charge on any atom is 0.228 e. The summed E-state index contributed by atoms with van der Waals surface area (Å²) in [4.78, 5) is 27.9. The van der Waals surface area contributed by atoms with Gasteiger partial charge in [0.1, 0.15) is 11.6 Å². The van der Waals surface area contributed by atoms with Crippen molar-refractivity contribution in [2.75, 3.05) is 37.8 Å². The van der Waals surface area contributed by atoms with Crippen LogP contribution in [-0.2, 0) is 19.6 Å². The molecule has 0 aromatic heterocycles. The van der Waals surface area contributed by atoms with E-state index in [1.165, 1.54) is 22.3 Å². The van der Waals surface area contributed by atoms with Crippen LogP contribution in [0.2, 0.25) is 0 Å². The van der Waals surface area contributed by atoms with E-state index in [2.05, 4.69) is 0 Å². The molecule has 0 spiro atoms. The Labute approximate surface area is 162 Å². The van der Waals surface area contributed by atoms with Gasteiger partial charge in [-0.3, -0.25) is 9.59 Å². The van der Waals surface area contributed by atoms with Gasteiger partial charge in [0.2, 0.25) is 21.8 Å². The van der Waals surface area contributed by atoms with E-state index in [4.69, 9.17) is 0 Å². The number of piperidine rings is 1. The standard InChI is InChI=1S/C18H23F2N3O4S/c1-21(28(2,26)27)14-5-7-22(8-6-14)18(25)12-9-17(24)23(11-12)16-4-3-13(19)10-15(16)20/h3-4,10,12,14H,5-9,11H2,1-2H3. The number of anilines is 1. The van der Waals surface area contributed by atoms with Crippen LogP contribution in [0.3, 0.4) is 0 Å². The number of sulfonamides is 1. The topological polar surface area (TPSA) is 78.0 Å². The number of benzene rings is 1. The molecule has 1 atom stereocenters. The first-order chi connectivity index (χ1) is 13.1. The van der Waals surface area contributed by atoms with Gasteiger partial charge >= 0.3 is 0 Å². The quantitative estimate of drug-likeness (QED) is 0.740. The van der Waals surface area contributed by atoms with E-state index < -0.39 is 27.6 Å². The van der Waals surface area contributed by atoms with E-state index >= 15 is 0 Å². The fraction of sp³-hybridized carbons (Fsp3) is 0.556. The van der Waals surface area contributed by atoms with E-state index in [0.717, 1.165) is 12.3 Å². The monoisotopic (exact) mass is 415 g/mol. The second kappa shape index (κ2) is 7.75. The van der Waals surface area contributed by atoms with Gasteiger partial charge in [-0.25, -0.2) is 21.5 Å². The fourth-order valence-electron chi connectivity index (χ4n) is 3.78. The van der Waals surface area contributed by atoms with Crippen molar-refractivity contribution < 1.29 is 26.8 Å². The van der Waals surface area contributed by atoms with Crippen LogP contribution in [0.4, 0.5) is 14.5 Å². The Balaban J connectivity index is 1.63. The Morgan fingerprint density at radius 3 is 2.43 bits per heavy atom. The molecule has 10 heteroatoms. The molecular weight excluding hydrogens is 392 g/mol. The van der Waals surface area contributed by atoms with Crippen molar-refractivity contribution in [3.8, 4) is 0 Å². The highest BCUT2D eigenvalue weighted by Gasteiger charge is 2.39. The van der Waals surface area contributed by atoms with Gasteiger partial charge in [-0.15, -0.1) is 0 Å². The van der Waals surface area contributed by atoms with E-state index in [1.807, 2.05) is 0 Å². The van der Waals surface area contributed by atoms with Crippen LogP contribution in [0.25, 0.3) is 0 Å². The average Bonchev–Trinajstić information content (AvgIpc) is 3.01. The van der Waals surface area contributed by atoms with Crippen LogP contribution < -0.4 is 4.90 Å². The van der Waals surface area contributed by atoms with Crippen LogP contribution in [-0.4, -0.2) is 68.4 Å². The minimum atomic E-state index is -3.29. The summed E-state index contributed by atoms with van der Waals surface area (Å²) in [6.45, 7) is 0.849. The molecule has 1 unspecified atom stereocenters. The Kier molecular flexibility index (Phi) is 5.72. The second-order valence-corrected chi connectivity index (χ2v) is 9.38. The lowest BCUT2D eigenvalue weighted by Crippen LogP contribution is -2.48. The fourth-order valence-corrected chi connectivity index (χ4v) is 4.54. The highest BCUT2D eigenvalue weighted by atomic mass is 32.2. The van der Waals surface area contributed by atoms with Gasteiger partial charge in [0, 0.05) is 45.2 Å². The summed E-state index contributed by atoms with van der Waals surface area (Å²) in [7, 11) is -1.76. The zero-order chi connectivity index (χ0) is 20.6. The molecule has 2 aliphatic rings. The van der Waals surface area contributed by atoms with Crippen molar-refractivity contribution in [3.63, 3.8) is 0 Å². The van der Waals surface area contributed by atoms with Gasteiger partial charge in [0.25, 0.3) is 0 Å². The molecule has 2 saturated heterocycles. The summed E-state index contributed by atoms with van der Waals surface area (Å²) in [6, 6.07) is 2.82. The first kappa shape index (κ1) is 20.7. The Morgan fingerprint density at radius 1 is 1.21 bits per heavy atom. The number of likely N-dealkylation sites (tertiary alicyclic amines) is 1. The first-order valence-corrected chi connectivity index (χ1v) is 10.9. The number of hydrogen-bond donors (Lipinski definition) is 0. The second-order valence-electron chi connectivity index (χ2n) is 7.34. The Bertz CT molecular complexity index is 885. The van der Waals surface area contributed by atoms with Gasteiger partial charge in [0.15, 0.2) is 0 Å². The maximum absolute atomic E-state index is 14.0. The number of carbonyl (C=O) groups is 2. The van der Waals surface area contributed by atoms with E-state index in [1.54, 1.807) is 4.90 Å². The lowest BCUT2D eigenvalue weighted by Gasteiger charge is -2.36. The SMILES string of the molecule is CN(C1CCN(C(=O)C2CC(=O)N(c3ccc(F)cc3F)C2)CC1)S(C)(=O)=O. The normalized spacial score (nSPS) is 21.6. The predicted octanol–water partition coefficient (Wildman–Crippen LogP) is 1.20. The third-order valence-corrected chi connectivity index (χ3v) is 6.83. The number of amides is 2. The van der Waals surface area contributed by atoms with Crippen molar-refractivity contribution in [2.24, 2.45) is 5.92 Å². The van der Waals surface area contributed by atoms with Crippen molar-refractivity contribution in [1.29, 1.82) is 0 Å². The van der Waals surface area contributed by atoms with Gasteiger partial charge < -0.3 is 9.80 Å². The number of carbonyl (C=O) groups excluding carboxylic acids is 2. The minimum absolute atomic E-state index is 0.0289. The van der Waals surface area contributed by atoms with E-state index in [9.17, 15) is 26.8 Å². The summed E-state index contributed by atoms with van der Waals surface area (Å²) in [6.07, 6.45) is 2.16. The molecule has 28 heavy (non-hydrogen) atoms. The van der Waals surface area contributed by atoms with Crippen molar-refractivity contribution in [1.82, 2.24) is 9.21 Å². The van der Waals surface area contributed by atoms with Crippen molar-refractivity contribution in [3.05, 3.63) is 29.8 Å². The third-order valence-electron chi connectivity index (χ3n) is 5.49. The summed E-state index contributed by atoms with van der Waals surface area (Å²) < 4.78 is 51.7. The molecule has 7 nitrogen and oxygen atoms in total. The van der Waals surface area contributed by atoms with Crippen LogP contribution >= 0.6 is 0 Å². The van der Waals surface area contributed by atoms with Crippen molar-refractivity contribution in [2.45, 2.75) is 25.3 Å². The smallest absolute Gasteiger partial charge is 0.228 e. The highest BCUT2D eigenvalue weighted by Crippen LogP contribution is 2.29. The molecule has 2 amide bonds. The average molecular weight is 415 g/mol.